The van der Waals surface area contributed by atoms with Gasteiger partial charge in [-0.1, -0.05) is 30.3 Å². The van der Waals surface area contributed by atoms with E-state index in [0.717, 1.165) is 18.4 Å². The number of amides is 1. The van der Waals surface area contributed by atoms with Crippen molar-refractivity contribution in [2.24, 2.45) is 11.5 Å². The maximum absolute atomic E-state index is 14.1. The summed E-state index contributed by atoms with van der Waals surface area (Å²) in [6.07, 6.45) is 1.71. The van der Waals surface area contributed by atoms with E-state index in [1.165, 1.54) is 11.3 Å². The summed E-state index contributed by atoms with van der Waals surface area (Å²) in [6.45, 7) is 3.04. The van der Waals surface area contributed by atoms with Gasteiger partial charge in [-0.05, 0) is 66.8 Å². The molecule has 1 aliphatic heterocycles. The van der Waals surface area contributed by atoms with E-state index in [4.69, 9.17) is 26.7 Å². The smallest absolute Gasteiger partial charge is 0.262 e. The van der Waals surface area contributed by atoms with E-state index in [0.29, 0.717) is 62.1 Å². The Labute approximate surface area is 230 Å². The molecule has 3 atom stereocenters. The number of nitrogens with two attached hydrogens (primary N) is 3. The molecule has 2 heterocycles. The van der Waals surface area contributed by atoms with Gasteiger partial charge in [0.2, 0.25) is 0 Å². The molecule has 3 unspecified atom stereocenters. The zero-order chi connectivity index (χ0) is 27.3. The number of nitrogens with one attached hydrogen (secondary N) is 1. The number of Topliss-reactive ketones (excluding diaryl/α,β-unsaturated/α-hetero) is 1. The number of carbonyl (C=O) groups excluding carboxylic acids is 2. The summed E-state index contributed by atoms with van der Waals surface area (Å²) in [5.74, 6) is 0.673. The number of hydrogen-bond donors (Lipinski definition) is 4. The summed E-state index contributed by atoms with van der Waals surface area (Å²) in [7, 11) is 0. The highest BCUT2D eigenvalue weighted by atomic mass is 32.1. The lowest BCUT2D eigenvalue weighted by molar-refractivity contribution is -0.124. The number of carbonyl (C=O) groups is 2. The largest absolute Gasteiger partial charge is 0.457 e. The fraction of sp³-hybridized carbons (Fsp3) is 0.267. The van der Waals surface area contributed by atoms with Crippen molar-refractivity contribution >= 4 is 38.8 Å². The molecule has 8 nitrogen and oxygen atoms in total. The lowest BCUT2D eigenvalue weighted by Gasteiger charge is -2.37. The molecule has 2 aliphatic rings. The van der Waals surface area contributed by atoms with Gasteiger partial charge in [-0.25, -0.2) is 0 Å². The lowest BCUT2D eigenvalue weighted by Crippen LogP contribution is -2.53. The molecule has 9 heteroatoms. The van der Waals surface area contributed by atoms with Crippen molar-refractivity contribution in [1.29, 1.82) is 0 Å². The standard InChI is InChI=1S/C30H30N4O4S/c1-16-14-19(38-18-7-3-2-4-8-18)9-10-20(16)30(33)21-11-12-22(31)26-23(21)24(25(32)28(30)35)27(39-26)29(36)34-17-6-5-13-37-15-17/h2-4,7-12,14,17,25H,5-6,13,15,31-33H2,1H3,(H,34,36). The van der Waals surface area contributed by atoms with Crippen molar-refractivity contribution in [3.63, 3.8) is 0 Å². The number of hydrogen-bond acceptors (Lipinski definition) is 8. The minimum Gasteiger partial charge on any atom is -0.457 e. The van der Waals surface area contributed by atoms with Gasteiger partial charge in [0, 0.05) is 23.2 Å². The Balaban J connectivity index is 1.44. The van der Waals surface area contributed by atoms with Gasteiger partial charge in [0.05, 0.1) is 28.3 Å². The van der Waals surface area contributed by atoms with E-state index in [1.807, 2.05) is 49.4 Å². The van der Waals surface area contributed by atoms with Gasteiger partial charge in [-0.15, -0.1) is 11.3 Å². The van der Waals surface area contributed by atoms with Crippen molar-refractivity contribution in [3.05, 3.63) is 87.8 Å². The number of ketones is 1. The third kappa shape index (κ3) is 4.18. The first-order valence-electron chi connectivity index (χ1n) is 13.0. The molecule has 1 aliphatic carbocycles. The Hall–Kier alpha value is -3.76. The van der Waals surface area contributed by atoms with Gasteiger partial charge >= 0.3 is 0 Å². The Kier molecular flexibility index (Phi) is 6.39. The molecular weight excluding hydrogens is 512 g/mol. The summed E-state index contributed by atoms with van der Waals surface area (Å²) in [4.78, 5) is 27.9. The molecule has 1 saturated heterocycles. The van der Waals surface area contributed by atoms with E-state index in [2.05, 4.69) is 5.32 Å². The van der Waals surface area contributed by atoms with Crippen molar-refractivity contribution in [2.75, 3.05) is 18.9 Å². The van der Waals surface area contributed by atoms with Crippen LogP contribution >= 0.6 is 11.3 Å². The average molecular weight is 543 g/mol. The molecular formula is C30H30N4O4S. The molecule has 7 N–H and O–H groups in total. The first kappa shape index (κ1) is 25.5. The van der Waals surface area contributed by atoms with Gasteiger partial charge in [0.15, 0.2) is 5.78 Å². The molecule has 0 spiro atoms. The minimum absolute atomic E-state index is 0.0936. The van der Waals surface area contributed by atoms with Crippen LogP contribution in [-0.2, 0) is 15.1 Å². The second kappa shape index (κ2) is 9.77. The van der Waals surface area contributed by atoms with Crippen LogP contribution in [0.15, 0.2) is 60.7 Å². The van der Waals surface area contributed by atoms with Gasteiger partial charge in [0.25, 0.3) is 5.91 Å². The fourth-order valence-corrected chi connectivity index (χ4v) is 6.90. The molecule has 3 aromatic carbocycles. The number of nitrogen functional groups attached to an aromatic ring is 1. The first-order chi connectivity index (χ1) is 18.8. The maximum atomic E-state index is 14.1. The number of ether oxygens (including phenoxy) is 2. The number of anilines is 1. The predicted molar refractivity (Wildman–Crippen MR) is 152 cm³/mol. The van der Waals surface area contributed by atoms with Gasteiger partial charge < -0.3 is 32.0 Å². The lowest BCUT2D eigenvalue weighted by atomic mass is 9.69. The summed E-state index contributed by atoms with van der Waals surface area (Å²) in [6, 6.07) is 17.3. The van der Waals surface area contributed by atoms with Gasteiger partial charge in [-0.3, -0.25) is 9.59 Å². The molecule has 6 rings (SSSR count). The zero-order valence-electron chi connectivity index (χ0n) is 21.5. The monoisotopic (exact) mass is 542 g/mol. The molecule has 39 heavy (non-hydrogen) atoms. The topological polar surface area (TPSA) is 143 Å². The fourth-order valence-electron chi connectivity index (χ4n) is 5.70. The van der Waals surface area contributed by atoms with Crippen molar-refractivity contribution < 1.29 is 19.1 Å². The van der Waals surface area contributed by atoms with Crippen LogP contribution in [0.4, 0.5) is 5.69 Å². The summed E-state index contributed by atoms with van der Waals surface area (Å²) in [5.41, 5.74) is 21.5. The second-order valence-electron chi connectivity index (χ2n) is 10.2. The molecule has 1 fully saturated rings. The molecule has 0 radical (unpaired) electrons. The van der Waals surface area contributed by atoms with Crippen LogP contribution in [0.5, 0.6) is 11.5 Å². The van der Waals surface area contributed by atoms with Gasteiger partial charge in [0.1, 0.15) is 17.0 Å². The Morgan fingerprint density at radius 3 is 2.59 bits per heavy atom. The molecule has 0 bridgehead atoms. The van der Waals surface area contributed by atoms with Crippen LogP contribution < -0.4 is 27.3 Å². The molecule has 0 saturated carbocycles. The Morgan fingerprint density at radius 2 is 1.87 bits per heavy atom. The molecule has 4 aromatic rings. The van der Waals surface area contributed by atoms with Crippen LogP contribution in [0.2, 0.25) is 0 Å². The average Bonchev–Trinajstić information content (AvgIpc) is 3.35. The van der Waals surface area contributed by atoms with Crippen LogP contribution in [0, 0.1) is 6.92 Å². The Bertz CT molecular complexity index is 1600. The predicted octanol–water partition coefficient (Wildman–Crippen LogP) is 4.28. The molecule has 1 amide bonds. The maximum Gasteiger partial charge on any atom is 0.262 e. The van der Waals surface area contributed by atoms with Crippen molar-refractivity contribution in [2.45, 2.75) is 37.4 Å². The summed E-state index contributed by atoms with van der Waals surface area (Å²) < 4.78 is 12.2. The van der Waals surface area contributed by atoms with Gasteiger partial charge in [-0.2, -0.15) is 0 Å². The first-order valence-corrected chi connectivity index (χ1v) is 13.8. The van der Waals surface area contributed by atoms with E-state index in [1.54, 1.807) is 18.2 Å². The highest BCUT2D eigenvalue weighted by Crippen LogP contribution is 2.50. The minimum atomic E-state index is -1.53. The third-order valence-electron chi connectivity index (χ3n) is 7.62. The van der Waals surface area contributed by atoms with E-state index >= 15 is 0 Å². The molecule has 200 valence electrons. The van der Waals surface area contributed by atoms with E-state index in [-0.39, 0.29) is 17.7 Å². The SMILES string of the molecule is Cc1cc(Oc2ccccc2)ccc1C1(N)C(=O)C(N)c2c(C(=O)NC3CCCOC3)sc3c(N)ccc1c23. The highest BCUT2D eigenvalue weighted by Gasteiger charge is 2.49. The summed E-state index contributed by atoms with van der Waals surface area (Å²) >= 11 is 1.25. The molecule has 1 aromatic heterocycles. The third-order valence-corrected chi connectivity index (χ3v) is 8.87. The summed E-state index contributed by atoms with van der Waals surface area (Å²) in [5, 5.41) is 3.73. The van der Waals surface area contributed by atoms with Crippen LogP contribution in [-0.4, -0.2) is 30.9 Å². The van der Waals surface area contributed by atoms with Crippen LogP contribution in [0.25, 0.3) is 10.1 Å². The van der Waals surface area contributed by atoms with Crippen LogP contribution in [0.1, 0.15) is 50.8 Å². The number of benzene rings is 3. The van der Waals surface area contributed by atoms with Crippen molar-refractivity contribution in [3.8, 4) is 11.5 Å². The number of thiophene rings is 1. The number of para-hydroxylation sites is 1. The normalized spacial score (nSPS) is 22.6. The quantitative estimate of drug-likeness (QED) is 0.276. The van der Waals surface area contributed by atoms with Crippen LogP contribution in [0.3, 0.4) is 0 Å². The number of rotatable bonds is 5. The Morgan fingerprint density at radius 1 is 1.10 bits per heavy atom. The zero-order valence-corrected chi connectivity index (χ0v) is 22.3. The van der Waals surface area contributed by atoms with E-state index < -0.39 is 11.6 Å². The van der Waals surface area contributed by atoms with E-state index in [9.17, 15) is 9.59 Å². The number of aryl methyl sites for hydroxylation is 1. The second-order valence-corrected chi connectivity index (χ2v) is 11.2. The van der Waals surface area contributed by atoms with Crippen molar-refractivity contribution in [1.82, 2.24) is 5.32 Å². The highest BCUT2D eigenvalue weighted by molar-refractivity contribution is 7.21.